The molecule has 7 heteroatoms. The second-order valence-corrected chi connectivity index (χ2v) is 5.51. The summed E-state index contributed by atoms with van der Waals surface area (Å²) in [5.41, 5.74) is 1.33. The molecule has 0 saturated heterocycles. The molecule has 0 spiro atoms. The van der Waals surface area contributed by atoms with E-state index < -0.39 is 18.7 Å². The minimum absolute atomic E-state index is 0.0329. The molecule has 2 unspecified atom stereocenters. The monoisotopic (exact) mass is 330 g/mol. The van der Waals surface area contributed by atoms with Crippen LogP contribution in [0.2, 0.25) is 0 Å². The summed E-state index contributed by atoms with van der Waals surface area (Å²) in [6, 6.07) is 4.30. The van der Waals surface area contributed by atoms with Gasteiger partial charge in [0.2, 0.25) is 0 Å². The van der Waals surface area contributed by atoms with Crippen LogP contribution >= 0.6 is 0 Å². The first-order chi connectivity index (χ1) is 10.8. The molecule has 0 aliphatic carbocycles. The van der Waals surface area contributed by atoms with Crippen LogP contribution in [0.1, 0.15) is 31.4 Å². The average molecular weight is 330 g/mol. The summed E-state index contributed by atoms with van der Waals surface area (Å²) in [4.78, 5) is 11.7. The molecule has 0 saturated carbocycles. The number of aliphatic hydroxyl groups excluding tert-OH is 1. The number of carbonyl (C=O) groups is 1. The molecule has 2 amide bonds. The summed E-state index contributed by atoms with van der Waals surface area (Å²) in [5.74, 6) is 0.114. The van der Waals surface area contributed by atoms with Crippen molar-refractivity contribution in [1.82, 2.24) is 10.6 Å². The lowest BCUT2D eigenvalue weighted by molar-refractivity contribution is -0.0504. The smallest absolute Gasteiger partial charge is 0.387 e. The molecule has 0 fully saturated rings. The molecule has 0 bridgehead atoms. The summed E-state index contributed by atoms with van der Waals surface area (Å²) < 4.78 is 29.2. The van der Waals surface area contributed by atoms with Gasteiger partial charge in [-0.3, -0.25) is 0 Å². The van der Waals surface area contributed by atoms with E-state index in [4.69, 9.17) is 0 Å². The number of aliphatic hydroxyl groups is 1. The molecule has 1 rings (SSSR count). The number of aryl methyl sites for hydroxylation is 1. The van der Waals surface area contributed by atoms with Crippen molar-refractivity contribution < 1.29 is 23.4 Å². The van der Waals surface area contributed by atoms with E-state index in [9.17, 15) is 18.7 Å². The third-order valence-electron chi connectivity index (χ3n) is 3.64. The number of hydrogen-bond acceptors (Lipinski definition) is 3. The fourth-order valence-electron chi connectivity index (χ4n) is 1.97. The predicted octanol–water partition coefficient (Wildman–Crippen LogP) is 2.80. The zero-order valence-corrected chi connectivity index (χ0v) is 13.6. The number of halogens is 2. The van der Waals surface area contributed by atoms with Gasteiger partial charge in [0.05, 0.1) is 6.10 Å². The topological polar surface area (TPSA) is 70.6 Å². The van der Waals surface area contributed by atoms with Crippen LogP contribution in [0.4, 0.5) is 13.6 Å². The third-order valence-corrected chi connectivity index (χ3v) is 3.64. The standard InChI is InChI=1S/C16H24F2N2O3/c1-4-11(3)13(21)9-20-16(22)19-8-12-7-10(2)5-6-14(12)23-15(17)18/h5-7,11,13,15,21H,4,8-9H2,1-3H3,(H2,19,20,22). The molecule has 2 atom stereocenters. The van der Waals surface area contributed by atoms with Gasteiger partial charge in [-0.25, -0.2) is 4.79 Å². The largest absolute Gasteiger partial charge is 0.434 e. The van der Waals surface area contributed by atoms with Crippen LogP contribution < -0.4 is 15.4 Å². The third kappa shape index (κ3) is 6.81. The molecular formula is C16H24F2N2O3. The van der Waals surface area contributed by atoms with Gasteiger partial charge in [-0.1, -0.05) is 38.0 Å². The quantitative estimate of drug-likeness (QED) is 0.686. The van der Waals surface area contributed by atoms with Gasteiger partial charge in [0, 0.05) is 18.7 Å². The lowest BCUT2D eigenvalue weighted by Crippen LogP contribution is -2.41. The van der Waals surface area contributed by atoms with E-state index in [1.54, 1.807) is 12.1 Å². The molecule has 0 heterocycles. The van der Waals surface area contributed by atoms with Gasteiger partial charge in [0.25, 0.3) is 0 Å². The van der Waals surface area contributed by atoms with E-state index in [2.05, 4.69) is 15.4 Å². The Morgan fingerprint density at radius 1 is 1.35 bits per heavy atom. The molecule has 130 valence electrons. The summed E-state index contributed by atoms with van der Waals surface area (Å²) >= 11 is 0. The second-order valence-electron chi connectivity index (χ2n) is 5.51. The van der Waals surface area contributed by atoms with Gasteiger partial charge in [0.1, 0.15) is 5.75 Å². The normalized spacial score (nSPS) is 13.5. The molecule has 3 N–H and O–H groups in total. The summed E-state index contributed by atoms with van der Waals surface area (Å²) in [7, 11) is 0. The van der Waals surface area contributed by atoms with E-state index in [0.29, 0.717) is 5.56 Å². The van der Waals surface area contributed by atoms with Crippen molar-refractivity contribution in [3.05, 3.63) is 29.3 Å². The Hall–Kier alpha value is -1.89. The van der Waals surface area contributed by atoms with Gasteiger partial charge < -0.3 is 20.5 Å². The average Bonchev–Trinajstić information content (AvgIpc) is 2.51. The Kier molecular flexibility index (Phi) is 7.74. The number of carbonyl (C=O) groups excluding carboxylic acids is 1. The van der Waals surface area contributed by atoms with E-state index in [1.807, 2.05) is 20.8 Å². The summed E-state index contributed by atoms with van der Waals surface area (Å²) in [6.07, 6.45) is 0.185. The molecule has 0 aliphatic rings. The first kappa shape index (κ1) is 19.2. The van der Waals surface area contributed by atoms with Crippen LogP contribution in [0.5, 0.6) is 5.75 Å². The highest BCUT2D eigenvalue weighted by atomic mass is 19.3. The van der Waals surface area contributed by atoms with Crippen LogP contribution in [0, 0.1) is 12.8 Å². The first-order valence-electron chi connectivity index (χ1n) is 7.57. The van der Waals surface area contributed by atoms with Crippen molar-refractivity contribution in [3.63, 3.8) is 0 Å². The van der Waals surface area contributed by atoms with Crippen LogP contribution in [-0.4, -0.2) is 30.4 Å². The van der Waals surface area contributed by atoms with E-state index in [0.717, 1.165) is 12.0 Å². The Morgan fingerprint density at radius 3 is 2.65 bits per heavy atom. The van der Waals surface area contributed by atoms with Crippen LogP contribution in [-0.2, 0) is 6.54 Å². The summed E-state index contributed by atoms with van der Waals surface area (Å²) in [5, 5.41) is 14.9. The first-order valence-corrected chi connectivity index (χ1v) is 7.57. The number of urea groups is 1. The van der Waals surface area contributed by atoms with E-state index >= 15 is 0 Å². The molecule has 1 aromatic carbocycles. The van der Waals surface area contributed by atoms with Crippen molar-refractivity contribution in [2.24, 2.45) is 5.92 Å². The maximum Gasteiger partial charge on any atom is 0.387 e. The van der Waals surface area contributed by atoms with Crippen molar-refractivity contribution >= 4 is 6.03 Å². The maximum absolute atomic E-state index is 12.4. The Labute approximate surface area is 135 Å². The van der Waals surface area contributed by atoms with Crippen LogP contribution in [0.25, 0.3) is 0 Å². The molecule has 0 aromatic heterocycles. The fourth-order valence-corrected chi connectivity index (χ4v) is 1.97. The number of hydrogen-bond donors (Lipinski definition) is 3. The lowest BCUT2D eigenvalue weighted by Gasteiger charge is -2.18. The zero-order valence-electron chi connectivity index (χ0n) is 13.6. The number of alkyl halides is 2. The molecule has 5 nitrogen and oxygen atoms in total. The number of nitrogens with one attached hydrogen (secondary N) is 2. The van der Waals surface area contributed by atoms with Crippen LogP contribution in [0.3, 0.4) is 0 Å². The maximum atomic E-state index is 12.4. The second kappa shape index (κ2) is 9.29. The highest BCUT2D eigenvalue weighted by Gasteiger charge is 2.14. The summed E-state index contributed by atoms with van der Waals surface area (Å²) in [6.45, 7) is 2.93. The number of benzene rings is 1. The Balaban J connectivity index is 2.53. The molecule has 0 radical (unpaired) electrons. The van der Waals surface area contributed by atoms with Crippen molar-refractivity contribution in [1.29, 1.82) is 0 Å². The minimum atomic E-state index is -2.92. The molecule has 0 aliphatic heterocycles. The minimum Gasteiger partial charge on any atom is -0.434 e. The van der Waals surface area contributed by atoms with Gasteiger partial charge in [0.15, 0.2) is 0 Å². The lowest BCUT2D eigenvalue weighted by atomic mass is 10.0. The van der Waals surface area contributed by atoms with Gasteiger partial charge >= 0.3 is 12.6 Å². The van der Waals surface area contributed by atoms with Gasteiger partial charge in [-0.15, -0.1) is 0 Å². The van der Waals surface area contributed by atoms with Gasteiger partial charge in [-0.05, 0) is 18.9 Å². The highest BCUT2D eigenvalue weighted by molar-refractivity contribution is 5.73. The van der Waals surface area contributed by atoms with Crippen molar-refractivity contribution in [2.45, 2.75) is 46.5 Å². The van der Waals surface area contributed by atoms with Crippen molar-refractivity contribution in [3.8, 4) is 5.75 Å². The van der Waals surface area contributed by atoms with Crippen molar-refractivity contribution in [2.75, 3.05) is 6.54 Å². The van der Waals surface area contributed by atoms with Crippen LogP contribution in [0.15, 0.2) is 18.2 Å². The van der Waals surface area contributed by atoms with E-state index in [-0.39, 0.29) is 24.8 Å². The number of ether oxygens (including phenoxy) is 1. The zero-order chi connectivity index (χ0) is 17.4. The molecule has 1 aromatic rings. The fraction of sp³-hybridized carbons (Fsp3) is 0.562. The van der Waals surface area contributed by atoms with E-state index in [1.165, 1.54) is 6.07 Å². The Bertz CT molecular complexity index is 512. The highest BCUT2D eigenvalue weighted by Crippen LogP contribution is 2.21. The number of rotatable bonds is 8. The van der Waals surface area contributed by atoms with Gasteiger partial charge in [-0.2, -0.15) is 8.78 Å². The molecule has 23 heavy (non-hydrogen) atoms. The predicted molar refractivity (Wildman–Crippen MR) is 83.5 cm³/mol. The number of amides is 2. The SMILES string of the molecule is CCC(C)C(O)CNC(=O)NCc1cc(C)ccc1OC(F)F. The Morgan fingerprint density at radius 2 is 2.04 bits per heavy atom. The molecular weight excluding hydrogens is 306 g/mol.